The Bertz CT molecular complexity index is 399. The number of ether oxygens (including phenoxy) is 1. The first-order valence-electron chi connectivity index (χ1n) is 3.47. The molecule has 1 heterocycles. The number of carbonyl (C=O) groups excluding carboxylic acids is 1. The Labute approximate surface area is 92.1 Å². The van der Waals surface area contributed by atoms with E-state index in [0.29, 0.717) is 5.56 Å². The summed E-state index contributed by atoms with van der Waals surface area (Å²) in [6, 6.07) is 0. The van der Waals surface area contributed by atoms with Crippen LogP contribution in [0.1, 0.15) is 15.2 Å². The molecule has 0 saturated heterocycles. The van der Waals surface area contributed by atoms with Crippen LogP contribution in [-0.2, 0) is 15.8 Å². The maximum Gasteiger partial charge on any atom is 0.349 e. The van der Waals surface area contributed by atoms with Gasteiger partial charge in [-0.15, -0.1) is 11.3 Å². The van der Waals surface area contributed by atoms with Gasteiger partial charge in [-0.05, 0) is 12.5 Å². The molecular weight excluding hydrogens is 248 g/mol. The monoisotopic (exact) mass is 254 g/mol. The van der Waals surface area contributed by atoms with Gasteiger partial charge in [0.2, 0.25) is 0 Å². The van der Waals surface area contributed by atoms with E-state index in [4.69, 9.17) is 16.2 Å². The van der Waals surface area contributed by atoms with E-state index in [-0.39, 0.29) is 14.1 Å². The number of carbonyl (C=O) groups is 1. The molecule has 1 aromatic rings. The normalized spacial score (nSPS) is 12.6. The largest absolute Gasteiger partial charge is 0.465 e. The van der Waals surface area contributed by atoms with Crippen molar-refractivity contribution in [1.82, 2.24) is 0 Å². The second-order valence-corrected chi connectivity index (χ2v) is 4.96. The zero-order chi connectivity index (χ0) is 10.9. The minimum atomic E-state index is -2.12. The van der Waals surface area contributed by atoms with E-state index in [0.717, 1.165) is 11.3 Å². The van der Waals surface area contributed by atoms with Crippen LogP contribution in [0.2, 0.25) is 5.02 Å². The van der Waals surface area contributed by atoms with Gasteiger partial charge in [0.25, 0.3) is 0 Å². The number of esters is 1. The summed E-state index contributed by atoms with van der Waals surface area (Å²) in [6.45, 7) is 1.58. The first-order chi connectivity index (χ1) is 6.49. The lowest BCUT2D eigenvalue weighted by Gasteiger charge is -1.94. The summed E-state index contributed by atoms with van der Waals surface area (Å²) in [5.74, 6) is -0.597. The van der Waals surface area contributed by atoms with Gasteiger partial charge < -0.3 is 9.29 Å². The van der Waals surface area contributed by atoms with Crippen LogP contribution >= 0.6 is 22.9 Å². The van der Waals surface area contributed by atoms with Crippen molar-refractivity contribution in [3.63, 3.8) is 0 Å². The van der Waals surface area contributed by atoms with Crippen molar-refractivity contribution in [2.24, 2.45) is 0 Å². The van der Waals surface area contributed by atoms with Crippen LogP contribution in [0.15, 0.2) is 4.21 Å². The molecular formula is C7H7ClO4S2. The maximum absolute atomic E-state index is 11.1. The number of hydrogen-bond donors (Lipinski definition) is 1. The lowest BCUT2D eigenvalue weighted by molar-refractivity contribution is 0.0606. The second kappa shape index (κ2) is 4.39. The fourth-order valence-corrected chi connectivity index (χ4v) is 3.01. The van der Waals surface area contributed by atoms with Crippen molar-refractivity contribution >= 4 is 40.0 Å². The highest BCUT2D eigenvalue weighted by molar-refractivity contribution is 7.82. The molecule has 0 aromatic carbocycles. The highest BCUT2D eigenvalue weighted by Gasteiger charge is 2.22. The molecule has 78 valence electrons. The first kappa shape index (κ1) is 11.6. The molecule has 1 N–H and O–H groups in total. The summed E-state index contributed by atoms with van der Waals surface area (Å²) in [6.07, 6.45) is 0. The highest BCUT2D eigenvalue weighted by Crippen LogP contribution is 2.34. The zero-order valence-electron chi connectivity index (χ0n) is 7.37. The van der Waals surface area contributed by atoms with E-state index in [1.54, 1.807) is 6.92 Å². The average Bonchev–Trinajstić information content (AvgIpc) is 2.43. The molecule has 0 aliphatic heterocycles. The van der Waals surface area contributed by atoms with Crippen molar-refractivity contribution in [1.29, 1.82) is 0 Å². The summed E-state index contributed by atoms with van der Waals surface area (Å²) in [5.41, 5.74) is 0.443. The van der Waals surface area contributed by atoms with E-state index in [9.17, 15) is 9.00 Å². The van der Waals surface area contributed by atoms with Crippen molar-refractivity contribution in [2.75, 3.05) is 7.11 Å². The van der Waals surface area contributed by atoms with Crippen LogP contribution < -0.4 is 0 Å². The highest BCUT2D eigenvalue weighted by atomic mass is 35.5. The van der Waals surface area contributed by atoms with Crippen molar-refractivity contribution < 1.29 is 18.3 Å². The molecule has 0 bridgehead atoms. The molecule has 1 rings (SSSR count). The molecule has 0 spiro atoms. The molecule has 1 aromatic heterocycles. The van der Waals surface area contributed by atoms with E-state index >= 15 is 0 Å². The van der Waals surface area contributed by atoms with Gasteiger partial charge in [-0.25, -0.2) is 9.00 Å². The third-order valence-electron chi connectivity index (χ3n) is 1.56. The summed E-state index contributed by atoms with van der Waals surface area (Å²) in [4.78, 5) is 11.3. The fourth-order valence-electron chi connectivity index (χ4n) is 0.865. The van der Waals surface area contributed by atoms with Gasteiger partial charge in [0.15, 0.2) is 11.1 Å². The predicted molar refractivity (Wildman–Crippen MR) is 54.4 cm³/mol. The summed E-state index contributed by atoms with van der Waals surface area (Å²) in [5, 5.41) is 0.180. The third-order valence-corrected chi connectivity index (χ3v) is 4.51. The van der Waals surface area contributed by atoms with Crippen molar-refractivity contribution in [2.45, 2.75) is 11.1 Å². The molecule has 0 fully saturated rings. The molecule has 0 aliphatic rings. The fraction of sp³-hybridized carbons (Fsp3) is 0.286. The standard InChI is InChI=1S/C7H7ClO4S2/c1-3-4(8)5(6(9)12-2)13-7(3)14(10)11/h1-2H3,(H,10,11). The van der Waals surface area contributed by atoms with Crippen LogP contribution in [-0.4, -0.2) is 21.8 Å². The lowest BCUT2D eigenvalue weighted by Crippen LogP contribution is -1.98. The van der Waals surface area contributed by atoms with Gasteiger partial charge in [0.1, 0.15) is 9.09 Å². The van der Waals surface area contributed by atoms with Crippen LogP contribution in [0.3, 0.4) is 0 Å². The Kier molecular flexibility index (Phi) is 3.65. The molecule has 0 saturated carbocycles. The summed E-state index contributed by atoms with van der Waals surface area (Å²) < 4.78 is 24.3. The lowest BCUT2D eigenvalue weighted by atomic mass is 10.3. The molecule has 0 radical (unpaired) electrons. The molecule has 0 amide bonds. The van der Waals surface area contributed by atoms with Crippen LogP contribution in [0.4, 0.5) is 0 Å². The van der Waals surface area contributed by atoms with Gasteiger partial charge in [-0.3, -0.25) is 0 Å². The van der Waals surface area contributed by atoms with Gasteiger partial charge in [0, 0.05) is 0 Å². The second-order valence-electron chi connectivity index (χ2n) is 2.40. The molecule has 7 heteroatoms. The summed E-state index contributed by atoms with van der Waals surface area (Å²) >= 11 is 4.54. The van der Waals surface area contributed by atoms with Gasteiger partial charge in [0.05, 0.1) is 12.1 Å². The number of rotatable bonds is 2. The first-order valence-corrected chi connectivity index (χ1v) is 5.77. The third kappa shape index (κ3) is 1.98. The molecule has 1 unspecified atom stereocenters. The van der Waals surface area contributed by atoms with Gasteiger partial charge in [-0.2, -0.15) is 0 Å². The minimum absolute atomic E-state index is 0.157. The van der Waals surface area contributed by atoms with E-state index in [1.165, 1.54) is 7.11 Å². The predicted octanol–water partition coefficient (Wildman–Crippen LogP) is 2.08. The van der Waals surface area contributed by atoms with Crippen LogP contribution in [0.5, 0.6) is 0 Å². The molecule has 14 heavy (non-hydrogen) atoms. The SMILES string of the molecule is COC(=O)c1sc(S(=O)O)c(C)c1Cl. The van der Waals surface area contributed by atoms with E-state index in [2.05, 4.69) is 4.74 Å². The Morgan fingerprint density at radius 2 is 2.21 bits per heavy atom. The smallest absolute Gasteiger partial charge is 0.349 e. The Balaban J connectivity index is 3.28. The molecule has 0 aliphatic carbocycles. The van der Waals surface area contributed by atoms with Gasteiger partial charge in [-0.1, -0.05) is 11.6 Å². The quantitative estimate of drug-likeness (QED) is 0.648. The van der Waals surface area contributed by atoms with Crippen LogP contribution in [0, 0.1) is 6.92 Å². The van der Waals surface area contributed by atoms with Gasteiger partial charge >= 0.3 is 5.97 Å². The number of halogens is 1. The average molecular weight is 255 g/mol. The Morgan fingerprint density at radius 1 is 1.64 bits per heavy atom. The number of methoxy groups -OCH3 is 1. The Hall–Kier alpha value is -0.430. The molecule has 1 atom stereocenters. The van der Waals surface area contributed by atoms with Crippen molar-refractivity contribution in [3.8, 4) is 0 Å². The van der Waals surface area contributed by atoms with E-state index < -0.39 is 17.0 Å². The number of hydrogen-bond acceptors (Lipinski definition) is 4. The zero-order valence-corrected chi connectivity index (χ0v) is 9.76. The van der Waals surface area contributed by atoms with E-state index in [1.807, 2.05) is 0 Å². The maximum atomic E-state index is 11.1. The van der Waals surface area contributed by atoms with Crippen LogP contribution in [0.25, 0.3) is 0 Å². The van der Waals surface area contributed by atoms with Crippen molar-refractivity contribution in [3.05, 3.63) is 15.5 Å². The summed E-state index contributed by atoms with van der Waals surface area (Å²) in [7, 11) is 1.23. The molecule has 4 nitrogen and oxygen atoms in total. The number of thiophene rings is 1. The minimum Gasteiger partial charge on any atom is -0.465 e. The Morgan fingerprint density at radius 3 is 2.57 bits per heavy atom. The topological polar surface area (TPSA) is 63.6 Å².